The van der Waals surface area contributed by atoms with Crippen LogP contribution in [0.3, 0.4) is 0 Å². The number of nitrogens with one attached hydrogen (secondary N) is 1. The van der Waals surface area contributed by atoms with Crippen LogP contribution in [0.2, 0.25) is 15.1 Å². The van der Waals surface area contributed by atoms with Gasteiger partial charge in [0.25, 0.3) is 0 Å². The molecule has 2 aromatic heterocycles. The lowest BCUT2D eigenvalue weighted by molar-refractivity contribution is 0.901. The van der Waals surface area contributed by atoms with Crippen LogP contribution in [-0.4, -0.2) is 16.0 Å². The maximum absolute atomic E-state index is 6.20. The van der Waals surface area contributed by atoms with E-state index in [0.29, 0.717) is 20.8 Å². The number of anilines is 1. The van der Waals surface area contributed by atoms with E-state index in [1.54, 1.807) is 29.7 Å². The maximum Gasteiger partial charge on any atom is 0.117 e. The van der Waals surface area contributed by atoms with Gasteiger partial charge < -0.3 is 0 Å². The molecule has 4 nitrogen and oxygen atoms in total. The predicted molar refractivity (Wildman–Crippen MR) is 120 cm³/mol. The molecular formula is C20H13Cl3N4S. The highest BCUT2D eigenvalue weighted by Crippen LogP contribution is 2.33. The van der Waals surface area contributed by atoms with Crippen molar-refractivity contribution in [1.29, 1.82) is 0 Å². The van der Waals surface area contributed by atoms with Gasteiger partial charge in [0.05, 0.1) is 21.9 Å². The van der Waals surface area contributed by atoms with Crippen LogP contribution in [0, 0.1) is 0 Å². The number of hydrogen-bond acceptors (Lipinski definition) is 4. The topological polar surface area (TPSA) is 42.2 Å². The second kappa shape index (κ2) is 8.37. The number of hydrazone groups is 1. The molecule has 0 aliphatic rings. The van der Waals surface area contributed by atoms with E-state index in [4.69, 9.17) is 39.9 Å². The van der Waals surface area contributed by atoms with Crippen molar-refractivity contribution >= 4 is 58.0 Å². The van der Waals surface area contributed by atoms with Crippen molar-refractivity contribution in [2.75, 3.05) is 5.43 Å². The lowest BCUT2D eigenvalue weighted by Crippen LogP contribution is -1.93. The molecule has 0 amide bonds. The summed E-state index contributed by atoms with van der Waals surface area (Å²) in [5.74, 6) is 0. The Kier molecular flexibility index (Phi) is 5.69. The van der Waals surface area contributed by atoms with E-state index in [2.05, 4.69) is 10.5 Å². The average molecular weight is 448 g/mol. The second-order valence-electron chi connectivity index (χ2n) is 5.81. The standard InChI is InChI=1S/C20H13Cl3N4S/c21-15-9-16(22)20(17(23)10-15)25-24-11-14-12-27(18-7-4-8-28-18)26-19(14)13-5-2-1-3-6-13/h1-12,25H/b24-11-. The SMILES string of the molecule is Clc1cc(Cl)c(N/N=C\c2cn(-c3cccs3)nc2-c2ccccc2)c(Cl)c1. The van der Waals surface area contributed by atoms with E-state index in [1.165, 1.54) is 0 Å². The van der Waals surface area contributed by atoms with Gasteiger partial charge in [-0.1, -0.05) is 65.1 Å². The highest BCUT2D eigenvalue weighted by molar-refractivity contribution is 7.12. The van der Waals surface area contributed by atoms with E-state index >= 15 is 0 Å². The molecule has 2 heterocycles. The zero-order valence-corrected chi connectivity index (χ0v) is 17.4. The summed E-state index contributed by atoms with van der Waals surface area (Å²) >= 11 is 19.9. The first-order chi connectivity index (χ1) is 13.6. The lowest BCUT2D eigenvalue weighted by Gasteiger charge is -2.06. The van der Waals surface area contributed by atoms with Crippen LogP contribution in [0.15, 0.2) is 71.3 Å². The minimum atomic E-state index is 0.396. The molecule has 0 aliphatic heterocycles. The van der Waals surface area contributed by atoms with Gasteiger partial charge in [-0.15, -0.1) is 11.3 Å². The Morgan fingerprint density at radius 3 is 2.43 bits per heavy atom. The van der Waals surface area contributed by atoms with Gasteiger partial charge in [-0.2, -0.15) is 10.2 Å². The molecule has 0 bridgehead atoms. The van der Waals surface area contributed by atoms with E-state index in [1.807, 2.05) is 58.7 Å². The van der Waals surface area contributed by atoms with E-state index in [0.717, 1.165) is 21.8 Å². The van der Waals surface area contributed by atoms with E-state index in [-0.39, 0.29) is 0 Å². The van der Waals surface area contributed by atoms with Crippen LogP contribution < -0.4 is 5.43 Å². The smallest absolute Gasteiger partial charge is 0.117 e. The Balaban J connectivity index is 1.68. The quantitative estimate of drug-likeness (QED) is 0.264. The molecule has 4 aromatic rings. The summed E-state index contributed by atoms with van der Waals surface area (Å²) in [6, 6.07) is 17.2. The maximum atomic E-state index is 6.20. The minimum absolute atomic E-state index is 0.396. The normalized spacial score (nSPS) is 11.2. The number of halogens is 3. The zero-order valence-electron chi connectivity index (χ0n) is 14.3. The molecule has 1 N–H and O–H groups in total. The molecule has 8 heteroatoms. The second-order valence-corrected chi connectivity index (χ2v) is 7.99. The molecule has 0 spiro atoms. The first kappa shape index (κ1) is 19.0. The summed E-state index contributed by atoms with van der Waals surface area (Å²) in [4.78, 5) is 0. The van der Waals surface area contributed by atoms with Crippen LogP contribution in [-0.2, 0) is 0 Å². The zero-order chi connectivity index (χ0) is 19.5. The van der Waals surface area contributed by atoms with Gasteiger partial charge in [-0.3, -0.25) is 5.43 Å². The Hall–Kier alpha value is -2.31. The Morgan fingerprint density at radius 2 is 1.75 bits per heavy atom. The molecule has 0 saturated heterocycles. The van der Waals surface area contributed by atoms with Crippen molar-refractivity contribution in [2.45, 2.75) is 0 Å². The van der Waals surface area contributed by atoms with Crippen molar-refractivity contribution in [3.05, 3.63) is 86.8 Å². The summed E-state index contributed by atoms with van der Waals surface area (Å²) in [5, 5.41) is 13.3. The van der Waals surface area contributed by atoms with Crippen molar-refractivity contribution < 1.29 is 0 Å². The van der Waals surface area contributed by atoms with Crippen LogP contribution in [0.25, 0.3) is 16.3 Å². The monoisotopic (exact) mass is 446 g/mol. The number of hydrogen-bond donors (Lipinski definition) is 1. The molecule has 0 saturated carbocycles. The molecule has 140 valence electrons. The summed E-state index contributed by atoms with van der Waals surface area (Å²) < 4.78 is 1.84. The van der Waals surface area contributed by atoms with Crippen molar-refractivity contribution in [3.63, 3.8) is 0 Å². The van der Waals surface area contributed by atoms with Crippen molar-refractivity contribution in [2.24, 2.45) is 5.10 Å². The van der Waals surface area contributed by atoms with Crippen LogP contribution in [0.5, 0.6) is 0 Å². The van der Waals surface area contributed by atoms with Crippen molar-refractivity contribution in [1.82, 2.24) is 9.78 Å². The van der Waals surface area contributed by atoms with Gasteiger partial charge in [-0.05, 0) is 29.6 Å². The summed E-state index contributed by atoms with van der Waals surface area (Å²) in [6.45, 7) is 0. The van der Waals surface area contributed by atoms with Crippen LogP contribution in [0.1, 0.15) is 5.56 Å². The number of aromatic nitrogens is 2. The third-order valence-electron chi connectivity index (χ3n) is 3.91. The molecule has 0 unspecified atom stereocenters. The molecule has 0 fully saturated rings. The van der Waals surface area contributed by atoms with Crippen LogP contribution in [0.4, 0.5) is 5.69 Å². The number of rotatable bonds is 5. The van der Waals surface area contributed by atoms with Gasteiger partial charge in [-0.25, -0.2) is 4.68 Å². The lowest BCUT2D eigenvalue weighted by atomic mass is 10.1. The highest BCUT2D eigenvalue weighted by atomic mass is 35.5. The largest absolute Gasteiger partial charge is 0.275 e. The molecule has 4 rings (SSSR count). The molecule has 0 aliphatic carbocycles. The van der Waals surface area contributed by atoms with Gasteiger partial charge in [0.15, 0.2) is 0 Å². The molecule has 0 radical (unpaired) electrons. The molecule has 0 atom stereocenters. The Morgan fingerprint density at radius 1 is 1.00 bits per heavy atom. The van der Waals surface area contributed by atoms with Gasteiger partial charge in [0.1, 0.15) is 10.7 Å². The van der Waals surface area contributed by atoms with Gasteiger partial charge in [0, 0.05) is 22.3 Å². The van der Waals surface area contributed by atoms with Crippen molar-refractivity contribution in [3.8, 4) is 16.3 Å². The molecule has 28 heavy (non-hydrogen) atoms. The third kappa shape index (κ3) is 4.08. The Labute approximate surface area is 181 Å². The van der Waals surface area contributed by atoms with Gasteiger partial charge >= 0.3 is 0 Å². The fourth-order valence-electron chi connectivity index (χ4n) is 2.63. The van der Waals surface area contributed by atoms with E-state index in [9.17, 15) is 0 Å². The Bertz CT molecular complexity index is 1100. The summed E-state index contributed by atoms with van der Waals surface area (Å²) in [6.07, 6.45) is 3.63. The fraction of sp³-hybridized carbons (Fsp3) is 0. The fourth-order valence-corrected chi connectivity index (χ4v) is 4.19. The number of thiophene rings is 1. The minimum Gasteiger partial charge on any atom is -0.275 e. The summed E-state index contributed by atoms with van der Waals surface area (Å²) in [5.41, 5.74) is 6.07. The average Bonchev–Trinajstić information content (AvgIpc) is 3.34. The highest BCUT2D eigenvalue weighted by Gasteiger charge is 2.12. The molecule has 2 aromatic carbocycles. The van der Waals surface area contributed by atoms with E-state index < -0.39 is 0 Å². The third-order valence-corrected chi connectivity index (χ3v) is 5.58. The first-order valence-corrected chi connectivity index (χ1v) is 10.3. The summed E-state index contributed by atoms with van der Waals surface area (Å²) in [7, 11) is 0. The van der Waals surface area contributed by atoms with Gasteiger partial charge in [0.2, 0.25) is 0 Å². The van der Waals surface area contributed by atoms with Crippen LogP contribution >= 0.6 is 46.1 Å². The number of nitrogens with zero attached hydrogens (tertiary/aromatic N) is 3. The first-order valence-electron chi connectivity index (χ1n) is 8.24. The predicted octanol–water partition coefficient (Wildman–Crippen LogP) is 7.01. The number of benzene rings is 2. The molecular weight excluding hydrogens is 435 g/mol.